The second-order valence-electron chi connectivity index (χ2n) is 5.90. The van der Waals surface area contributed by atoms with Gasteiger partial charge in [-0.3, -0.25) is 9.59 Å². The quantitative estimate of drug-likeness (QED) is 0.842. The smallest absolute Gasteiger partial charge is 0.226 e. The Bertz CT molecular complexity index is 538. The molecule has 1 aliphatic carbocycles. The van der Waals surface area contributed by atoms with Crippen molar-refractivity contribution in [2.45, 2.75) is 52.2 Å². The van der Waals surface area contributed by atoms with Crippen LogP contribution in [-0.4, -0.2) is 35.4 Å². The summed E-state index contributed by atoms with van der Waals surface area (Å²) in [6, 6.07) is 7.72. The van der Waals surface area contributed by atoms with E-state index in [0.29, 0.717) is 30.4 Å². The summed E-state index contributed by atoms with van der Waals surface area (Å²) < 4.78 is 5.68. The first-order valence-corrected chi connectivity index (χ1v) is 7.80. The number of carbonyl (C=O) groups excluding carboxylic acids is 2. The van der Waals surface area contributed by atoms with Crippen molar-refractivity contribution < 1.29 is 14.3 Å². The summed E-state index contributed by atoms with van der Waals surface area (Å²) in [6.07, 6.45) is 2.44. The maximum absolute atomic E-state index is 12.1. The van der Waals surface area contributed by atoms with Gasteiger partial charge < -0.3 is 15.0 Å². The van der Waals surface area contributed by atoms with Crippen molar-refractivity contribution >= 4 is 17.5 Å². The van der Waals surface area contributed by atoms with Crippen LogP contribution in [0.2, 0.25) is 0 Å². The summed E-state index contributed by atoms with van der Waals surface area (Å²) in [4.78, 5) is 25.4. The lowest BCUT2D eigenvalue weighted by atomic mass is 10.2. The normalized spacial score (nSPS) is 13.8. The molecule has 1 N–H and O–H groups in total. The van der Waals surface area contributed by atoms with E-state index in [-0.39, 0.29) is 17.9 Å². The van der Waals surface area contributed by atoms with Gasteiger partial charge in [0.1, 0.15) is 5.75 Å². The van der Waals surface area contributed by atoms with Gasteiger partial charge in [-0.25, -0.2) is 0 Å². The molecule has 0 radical (unpaired) electrons. The zero-order valence-electron chi connectivity index (χ0n) is 13.5. The van der Waals surface area contributed by atoms with Crippen molar-refractivity contribution in [3.63, 3.8) is 0 Å². The third-order valence-corrected chi connectivity index (χ3v) is 3.50. The minimum atomic E-state index is -0.105. The van der Waals surface area contributed by atoms with Gasteiger partial charge >= 0.3 is 0 Å². The van der Waals surface area contributed by atoms with Crippen LogP contribution in [0.4, 0.5) is 5.69 Å². The number of hydrogen-bond donors (Lipinski definition) is 1. The standard InChI is InChI=1S/C17H24N2O3/c1-12(2)22-16-7-5-4-6-15(16)18-17(21)10-11-19(13(3)20)14-8-9-14/h4-7,12,14H,8-11H2,1-3H3,(H,18,21). The van der Waals surface area contributed by atoms with Gasteiger partial charge in [0.25, 0.3) is 0 Å². The molecular formula is C17H24N2O3. The van der Waals surface area contributed by atoms with Crippen LogP contribution in [0, 0.1) is 0 Å². The van der Waals surface area contributed by atoms with Gasteiger partial charge in [-0.1, -0.05) is 12.1 Å². The maximum atomic E-state index is 12.1. The number of nitrogens with zero attached hydrogens (tertiary/aromatic N) is 1. The van der Waals surface area contributed by atoms with Gasteiger partial charge in [-0.15, -0.1) is 0 Å². The van der Waals surface area contributed by atoms with E-state index in [0.717, 1.165) is 12.8 Å². The van der Waals surface area contributed by atoms with Crippen LogP contribution < -0.4 is 10.1 Å². The molecule has 1 aliphatic rings. The molecule has 0 bridgehead atoms. The second kappa shape index (κ2) is 7.29. The van der Waals surface area contributed by atoms with E-state index in [1.54, 1.807) is 11.8 Å². The number of carbonyl (C=O) groups is 2. The largest absolute Gasteiger partial charge is 0.489 e. The van der Waals surface area contributed by atoms with Crippen LogP contribution in [0.25, 0.3) is 0 Å². The molecule has 1 aromatic carbocycles. The van der Waals surface area contributed by atoms with Crippen LogP contribution in [0.3, 0.4) is 0 Å². The minimum absolute atomic E-state index is 0.0406. The van der Waals surface area contributed by atoms with Crippen molar-refractivity contribution in [1.29, 1.82) is 0 Å². The monoisotopic (exact) mass is 304 g/mol. The molecule has 2 rings (SSSR count). The Morgan fingerprint density at radius 1 is 1.32 bits per heavy atom. The Kier molecular flexibility index (Phi) is 5.41. The number of amides is 2. The van der Waals surface area contributed by atoms with E-state index < -0.39 is 0 Å². The first-order valence-electron chi connectivity index (χ1n) is 7.80. The average Bonchev–Trinajstić information content (AvgIpc) is 3.25. The Balaban J connectivity index is 1.90. The van der Waals surface area contributed by atoms with Crippen molar-refractivity contribution in [2.24, 2.45) is 0 Å². The maximum Gasteiger partial charge on any atom is 0.226 e. The molecule has 1 aromatic rings. The molecule has 1 fully saturated rings. The van der Waals surface area contributed by atoms with Crippen molar-refractivity contribution in [2.75, 3.05) is 11.9 Å². The minimum Gasteiger partial charge on any atom is -0.489 e. The number of benzene rings is 1. The highest BCUT2D eigenvalue weighted by Gasteiger charge is 2.30. The number of ether oxygens (including phenoxy) is 1. The Morgan fingerprint density at radius 3 is 2.59 bits per heavy atom. The summed E-state index contributed by atoms with van der Waals surface area (Å²) in [6.45, 7) is 5.92. The predicted octanol–water partition coefficient (Wildman–Crippen LogP) is 2.81. The lowest BCUT2D eigenvalue weighted by Gasteiger charge is -2.20. The zero-order chi connectivity index (χ0) is 16.1. The van der Waals surface area contributed by atoms with Crippen LogP contribution in [0.1, 0.15) is 40.0 Å². The Morgan fingerprint density at radius 2 is 2.00 bits per heavy atom. The van der Waals surface area contributed by atoms with Gasteiger partial charge in [0.15, 0.2) is 0 Å². The summed E-state index contributed by atoms with van der Waals surface area (Å²) in [5.74, 6) is 0.599. The summed E-state index contributed by atoms with van der Waals surface area (Å²) >= 11 is 0. The molecular weight excluding hydrogens is 280 g/mol. The van der Waals surface area contributed by atoms with E-state index >= 15 is 0 Å². The van der Waals surface area contributed by atoms with Gasteiger partial charge in [-0.2, -0.15) is 0 Å². The molecule has 120 valence electrons. The number of nitrogens with one attached hydrogen (secondary N) is 1. The molecule has 22 heavy (non-hydrogen) atoms. The van der Waals surface area contributed by atoms with E-state index in [4.69, 9.17) is 4.74 Å². The fourth-order valence-electron chi connectivity index (χ4n) is 2.34. The first kappa shape index (κ1) is 16.3. The molecule has 2 amide bonds. The third-order valence-electron chi connectivity index (χ3n) is 3.50. The lowest BCUT2D eigenvalue weighted by Crippen LogP contribution is -2.33. The van der Waals surface area contributed by atoms with Gasteiger partial charge in [0.05, 0.1) is 11.8 Å². The van der Waals surface area contributed by atoms with Crippen LogP contribution in [0.15, 0.2) is 24.3 Å². The number of para-hydroxylation sites is 2. The SMILES string of the molecule is CC(=O)N(CCC(=O)Nc1ccccc1OC(C)C)C1CC1. The average molecular weight is 304 g/mol. The number of hydrogen-bond acceptors (Lipinski definition) is 3. The molecule has 0 unspecified atom stereocenters. The van der Waals surface area contributed by atoms with Gasteiger partial charge in [0.2, 0.25) is 11.8 Å². The molecule has 0 heterocycles. The summed E-state index contributed by atoms with van der Waals surface area (Å²) in [7, 11) is 0. The molecule has 1 saturated carbocycles. The number of rotatable bonds is 7. The molecule has 0 atom stereocenters. The zero-order valence-corrected chi connectivity index (χ0v) is 13.5. The van der Waals surface area contributed by atoms with Crippen molar-refractivity contribution in [1.82, 2.24) is 4.90 Å². The van der Waals surface area contributed by atoms with Gasteiger partial charge in [0, 0.05) is 25.9 Å². The summed E-state index contributed by atoms with van der Waals surface area (Å²) in [5, 5.41) is 2.87. The van der Waals surface area contributed by atoms with Gasteiger partial charge in [-0.05, 0) is 38.8 Å². The highest BCUT2D eigenvalue weighted by atomic mass is 16.5. The first-order chi connectivity index (χ1) is 10.5. The molecule has 5 nitrogen and oxygen atoms in total. The topological polar surface area (TPSA) is 58.6 Å². The fraction of sp³-hybridized carbons (Fsp3) is 0.529. The Labute approximate surface area is 131 Å². The molecule has 0 spiro atoms. The highest BCUT2D eigenvalue weighted by Crippen LogP contribution is 2.27. The van der Waals surface area contributed by atoms with E-state index in [1.165, 1.54) is 0 Å². The molecule has 5 heteroatoms. The van der Waals surface area contributed by atoms with E-state index in [2.05, 4.69) is 5.32 Å². The van der Waals surface area contributed by atoms with Crippen LogP contribution >= 0.6 is 0 Å². The third kappa shape index (κ3) is 4.76. The highest BCUT2D eigenvalue weighted by molar-refractivity contribution is 5.92. The second-order valence-corrected chi connectivity index (χ2v) is 5.90. The Hall–Kier alpha value is -2.04. The van der Waals surface area contributed by atoms with E-state index in [1.807, 2.05) is 38.1 Å². The molecule has 0 aromatic heterocycles. The van der Waals surface area contributed by atoms with Crippen LogP contribution in [-0.2, 0) is 9.59 Å². The van der Waals surface area contributed by atoms with Crippen LogP contribution in [0.5, 0.6) is 5.75 Å². The predicted molar refractivity (Wildman–Crippen MR) is 85.9 cm³/mol. The van der Waals surface area contributed by atoms with E-state index in [9.17, 15) is 9.59 Å². The lowest BCUT2D eigenvalue weighted by molar-refractivity contribution is -0.129. The van der Waals surface area contributed by atoms with Crippen molar-refractivity contribution in [3.05, 3.63) is 24.3 Å². The van der Waals surface area contributed by atoms with Crippen molar-refractivity contribution in [3.8, 4) is 5.75 Å². The summed E-state index contributed by atoms with van der Waals surface area (Å²) in [5.41, 5.74) is 0.669. The molecule has 0 saturated heterocycles. The molecule has 0 aliphatic heterocycles. The number of anilines is 1. The fourth-order valence-corrected chi connectivity index (χ4v) is 2.34.